The fourth-order valence-electron chi connectivity index (χ4n) is 2.05. The average molecular weight is 269 g/mol. The highest BCUT2D eigenvalue weighted by Crippen LogP contribution is 2.51. The number of hydrogen-bond donors (Lipinski definition) is 2. The molecule has 0 aliphatic heterocycles. The molecule has 1 heterocycles. The van der Waals surface area contributed by atoms with Crippen LogP contribution in [0.3, 0.4) is 0 Å². The van der Waals surface area contributed by atoms with Gasteiger partial charge in [0, 0.05) is 12.7 Å². The molecule has 100 valence electrons. The lowest BCUT2D eigenvalue weighted by Crippen LogP contribution is -2.33. The second kappa shape index (κ2) is 4.51. The predicted molar refractivity (Wildman–Crippen MR) is 70.3 cm³/mol. The summed E-state index contributed by atoms with van der Waals surface area (Å²) in [7, 11) is -3.60. The maximum absolute atomic E-state index is 12.1. The van der Waals surface area contributed by atoms with E-state index in [4.69, 9.17) is 5.73 Å². The molecule has 1 aromatic heterocycles. The highest BCUT2D eigenvalue weighted by Gasteiger charge is 2.45. The van der Waals surface area contributed by atoms with Gasteiger partial charge in [0.15, 0.2) is 5.03 Å². The van der Waals surface area contributed by atoms with E-state index in [0.29, 0.717) is 12.5 Å². The highest BCUT2D eigenvalue weighted by molar-refractivity contribution is 7.89. The average Bonchev–Trinajstić information content (AvgIpc) is 3.08. The first-order valence-electron chi connectivity index (χ1n) is 6.07. The van der Waals surface area contributed by atoms with E-state index < -0.39 is 10.0 Å². The molecule has 6 heteroatoms. The SMILES string of the molecule is CC(C)C1(CNS(=O)(=O)c2ncccc2N)CC1. The number of sulfonamides is 1. The van der Waals surface area contributed by atoms with Gasteiger partial charge in [-0.3, -0.25) is 0 Å². The molecule has 0 radical (unpaired) electrons. The Kier molecular flexibility index (Phi) is 3.33. The zero-order valence-electron chi connectivity index (χ0n) is 10.7. The Hall–Kier alpha value is -1.14. The highest BCUT2D eigenvalue weighted by atomic mass is 32.2. The predicted octanol–water partition coefficient (Wildman–Crippen LogP) is 1.38. The van der Waals surface area contributed by atoms with Gasteiger partial charge in [-0.1, -0.05) is 13.8 Å². The molecule has 1 fully saturated rings. The van der Waals surface area contributed by atoms with Crippen LogP contribution < -0.4 is 10.5 Å². The molecule has 2 rings (SSSR count). The zero-order chi connectivity index (χ0) is 13.4. The number of pyridine rings is 1. The summed E-state index contributed by atoms with van der Waals surface area (Å²) < 4.78 is 26.8. The van der Waals surface area contributed by atoms with Crippen LogP contribution in [0.4, 0.5) is 5.69 Å². The fraction of sp³-hybridized carbons (Fsp3) is 0.583. The Labute approximate surface area is 108 Å². The van der Waals surface area contributed by atoms with Crippen molar-refractivity contribution in [1.29, 1.82) is 0 Å². The fourth-order valence-corrected chi connectivity index (χ4v) is 3.25. The topological polar surface area (TPSA) is 85.1 Å². The quantitative estimate of drug-likeness (QED) is 0.845. The summed E-state index contributed by atoms with van der Waals surface area (Å²) in [5.41, 5.74) is 5.94. The summed E-state index contributed by atoms with van der Waals surface area (Å²) in [6, 6.07) is 3.15. The molecule has 0 spiro atoms. The molecule has 1 aliphatic carbocycles. The molecule has 0 unspecified atom stereocenters. The Balaban J connectivity index is 2.12. The lowest BCUT2D eigenvalue weighted by atomic mass is 9.93. The van der Waals surface area contributed by atoms with Gasteiger partial charge in [-0.15, -0.1) is 0 Å². The van der Waals surface area contributed by atoms with E-state index in [2.05, 4.69) is 23.6 Å². The molecule has 18 heavy (non-hydrogen) atoms. The lowest BCUT2D eigenvalue weighted by molar-refractivity contribution is 0.357. The summed E-state index contributed by atoms with van der Waals surface area (Å²) in [6.45, 7) is 4.70. The smallest absolute Gasteiger partial charge is 0.260 e. The minimum absolute atomic E-state index is 0.0791. The Bertz CT molecular complexity index is 536. The van der Waals surface area contributed by atoms with Gasteiger partial charge >= 0.3 is 0 Å². The Morgan fingerprint density at radius 3 is 2.67 bits per heavy atom. The molecular weight excluding hydrogens is 250 g/mol. The van der Waals surface area contributed by atoms with Crippen molar-refractivity contribution in [1.82, 2.24) is 9.71 Å². The van der Waals surface area contributed by atoms with Gasteiger partial charge in [-0.05, 0) is 36.3 Å². The number of aromatic nitrogens is 1. The van der Waals surface area contributed by atoms with Gasteiger partial charge in [0.25, 0.3) is 10.0 Å². The van der Waals surface area contributed by atoms with Gasteiger partial charge in [0.05, 0.1) is 5.69 Å². The van der Waals surface area contributed by atoms with Crippen LogP contribution in [-0.2, 0) is 10.0 Å². The van der Waals surface area contributed by atoms with E-state index in [1.54, 1.807) is 6.07 Å². The third kappa shape index (κ3) is 2.49. The van der Waals surface area contributed by atoms with Crippen LogP contribution in [0.25, 0.3) is 0 Å². The van der Waals surface area contributed by atoms with E-state index in [-0.39, 0.29) is 16.1 Å². The Morgan fingerprint density at radius 1 is 1.50 bits per heavy atom. The van der Waals surface area contributed by atoms with Crippen LogP contribution in [0, 0.1) is 11.3 Å². The molecule has 1 saturated carbocycles. The van der Waals surface area contributed by atoms with Gasteiger partial charge in [0.1, 0.15) is 0 Å². The molecule has 0 bridgehead atoms. The van der Waals surface area contributed by atoms with Crippen molar-refractivity contribution >= 4 is 15.7 Å². The van der Waals surface area contributed by atoms with Crippen molar-refractivity contribution in [2.75, 3.05) is 12.3 Å². The van der Waals surface area contributed by atoms with Crippen molar-refractivity contribution in [2.24, 2.45) is 11.3 Å². The zero-order valence-corrected chi connectivity index (χ0v) is 11.5. The number of hydrogen-bond acceptors (Lipinski definition) is 4. The van der Waals surface area contributed by atoms with Crippen LogP contribution in [0.2, 0.25) is 0 Å². The van der Waals surface area contributed by atoms with Crippen LogP contribution in [0.5, 0.6) is 0 Å². The summed E-state index contributed by atoms with van der Waals surface area (Å²) in [6.07, 6.45) is 3.58. The van der Waals surface area contributed by atoms with E-state index in [9.17, 15) is 8.42 Å². The monoisotopic (exact) mass is 269 g/mol. The van der Waals surface area contributed by atoms with E-state index in [1.807, 2.05) is 0 Å². The van der Waals surface area contributed by atoms with Crippen molar-refractivity contribution in [2.45, 2.75) is 31.7 Å². The maximum Gasteiger partial charge on any atom is 0.260 e. The minimum Gasteiger partial charge on any atom is -0.396 e. The molecule has 3 N–H and O–H groups in total. The molecule has 0 saturated heterocycles. The molecular formula is C12H19N3O2S. The lowest BCUT2D eigenvalue weighted by Gasteiger charge is -2.20. The number of nitrogens with two attached hydrogens (primary N) is 1. The van der Waals surface area contributed by atoms with Crippen molar-refractivity contribution in [3.63, 3.8) is 0 Å². The van der Waals surface area contributed by atoms with Crippen LogP contribution in [0.15, 0.2) is 23.4 Å². The van der Waals surface area contributed by atoms with E-state index >= 15 is 0 Å². The van der Waals surface area contributed by atoms with Gasteiger partial charge in [-0.25, -0.2) is 18.1 Å². The molecule has 1 aromatic rings. The first kappa shape index (κ1) is 13.3. The summed E-state index contributed by atoms with van der Waals surface area (Å²) >= 11 is 0. The molecule has 5 nitrogen and oxygen atoms in total. The standard InChI is InChI=1S/C12H19N3O2S/c1-9(2)12(5-6-12)8-15-18(16,17)11-10(13)4-3-7-14-11/h3-4,7,9,15H,5-6,8,13H2,1-2H3. The van der Waals surface area contributed by atoms with Gasteiger partial charge in [-0.2, -0.15) is 0 Å². The van der Waals surface area contributed by atoms with Gasteiger partial charge < -0.3 is 5.73 Å². The number of anilines is 1. The number of nitrogen functional groups attached to an aromatic ring is 1. The molecule has 0 amide bonds. The van der Waals surface area contributed by atoms with Crippen LogP contribution in [-0.4, -0.2) is 19.9 Å². The Morgan fingerprint density at radius 2 is 2.17 bits per heavy atom. The van der Waals surface area contributed by atoms with Crippen molar-refractivity contribution < 1.29 is 8.42 Å². The van der Waals surface area contributed by atoms with Crippen molar-refractivity contribution in [3.8, 4) is 0 Å². The van der Waals surface area contributed by atoms with Crippen LogP contribution >= 0.6 is 0 Å². The molecule has 1 aliphatic rings. The van der Waals surface area contributed by atoms with Gasteiger partial charge in [0.2, 0.25) is 0 Å². The third-order valence-corrected chi connectivity index (χ3v) is 5.16. The minimum atomic E-state index is -3.60. The molecule has 0 aromatic carbocycles. The first-order valence-corrected chi connectivity index (χ1v) is 7.56. The summed E-state index contributed by atoms with van der Waals surface area (Å²) in [4.78, 5) is 3.84. The van der Waals surface area contributed by atoms with Crippen molar-refractivity contribution in [3.05, 3.63) is 18.3 Å². The largest absolute Gasteiger partial charge is 0.396 e. The third-order valence-electron chi connectivity index (χ3n) is 3.79. The second-order valence-electron chi connectivity index (χ2n) is 5.24. The van der Waals surface area contributed by atoms with Crippen LogP contribution in [0.1, 0.15) is 26.7 Å². The summed E-state index contributed by atoms with van der Waals surface area (Å²) in [5.74, 6) is 0.473. The first-order chi connectivity index (χ1) is 8.37. The number of nitrogens with one attached hydrogen (secondary N) is 1. The van der Waals surface area contributed by atoms with E-state index in [0.717, 1.165) is 12.8 Å². The number of nitrogens with zero attached hydrogens (tertiary/aromatic N) is 1. The molecule has 0 atom stereocenters. The second-order valence-corrected chi connectivity index (χ2v) is 6.92. The summed E-state index contributed by atoms with van der Waals surface area (Å²) in [5, 5.41) is -0.0791. The maximum atomic E-state index is 12.1. The number of rotatable bonds is 5. The van der Waals surface area contributed by atoms with E-state index in [1.165, 1.54) is 12.3 Å². The normalized spacial score (nSPS) is 17.9.